The van der Waals surface area contributed by atoms with Crippen LogP contribution in [0.25, 0.3) is 0 Å². The van der Waals surface area contributed by atoms with Crippen LogP contribution >= 0.6 is 0 Å². The van der Waals surface area contributed by atoms with E-state index in [-0.39, 0.29) is 56.4 Å². The quantitative estimate of drug-likeness (QED) is 0.450. The molecule has 6 rings (SSSR count). The number of allylic oxidation sites excluding steroid dienone is 1. The Morgan fingerprint density at radius 1 is 0.971 bits per heavy atom. The normalized spacial score (nSPS) is 56.3. The van der Waals surface area contributed by atoms with Gasteiger partial charge in [-0.05, 0) is 86.0 Å². The molecule has 0 radical (unpaired) electrons. The van der Waals surface area contributed by atoms with Crippen LogP contribution in [0.3, 0.4) is 0 Å². The van der Waals surface area contributed by atoms with E-state index in [4.69, 9.17) is 4.74 Å². The molecule has 1 heterocycles. The minimum atomic E-state index is -0.564. The highest BCUT2D eigenvalue weighted by molar-refractivity contribution is 5.96. The minimum Gasteiger partial charge on any atom is -0.481 e. The van der Waals surface area contributed by atoms with Crippen LogP contribution in [-0.2, 0) is 14.3 Å². The van der Waals surface area contributed by atoms with Gasteiger partial charge < -0.3 is 9.84 Å². The van der Waals surface area contributed by atoms with Crippen LogP contribution in [0.1, 0.15) is 99.8 Å². The number of carbonyl (C=O) groups excluding carboxylic acids is 1. The number of fused-ring (bicyclic) bond motifs is 5. The fourth-order valence-electron chi connectivity index (χ4n) is 11.1. The summed E-state index contributed by atoms with van der Waals surface area (Å²) in [5, 5.41) is 10.5. The Balaban J connectivity index is 1.47. The highest BCUT2D eigenvalue weighted by Crippen LogP contribution is 2.83. The van der Waals surface area contributed by atoms with Crippen molar-refractivity contribution in [1.82, 2.24) is 0 Å². The predicted molar refractivity (Wildman–Crippen MR) is 131 cm³/mol. The second kappa shape index (κ2) is 6.21. The third-order valence-corrected chi connectivity index (χ3v) is 13.4. The maximum absolute atomic E-state index is 12.9. The largest absolute Gasteiger partial charge is 0.481 e. The zero-order valence-corrected chi connectivity index (χ0v) is 22.3. The van der Waals surface area contributed by atoms with Crippen molar-refractivity contribution in [3.63, 3.8) is 0 Å². The Morgan fingerprint density at radius 2 is 1.65 bits per heavy atom. The molecule has 4 heteroatoms. The van der Waals surface area contributed by atoms with Crippen molar-refractivity contribution >= 4 is 11.8 Å². The number of carboxylic acid groups (broad SMARTS) is 1. The van der Waals surface area contributed by atoms with E-state index in [1.807, 2.05) is 6.08 Å². The van der Waals surface area contributed by atoms with Crippen molar-refractivity contribution in [2.24, 2.45) is 50.2 Å². The van der Waals surface area contributed by atoms with Crippen LogP contribution in [0.5, 0.6) is 0 Å². The van der Waals surface area contributed by atoms with Crippen molar-refractivity contribution in [2.75, 3.05) is 0 Å². The Kier molecular flexibility index (Phi) is 4.25. The molecule has 9 atom stereocenters. The van der Waals surface area contributed by atoms with Crippen LogP contribution in [-0.4, -0.2) is 28.6 Å². The summed E-state index contributed by atoms with van der Waals surface area (Å²) in [6.45, 7) is 16.3. The summed E-state index contributed by atoms with van der Waals surface area (Å²) in [6, 6.07) is 0. The number of hydrogen-bond acceptors (Lipinski definition) is 3. The van der Waals surface area contributed by atoms with Gasteiger partial charge in [0, 0.05) is 16.2 Å². The number of epoxide rings is 1. The lowest BCUT2D eigenvalue weighted by atomic mass is 9.31. The Labute approximate surface area is 205 Å². The maximum Gasteiger partial charge on any atom is 0.309 e. The maximum atomic E-state index is 12.9. The zero-order chi connectivity index (χ0) is 24.7. The van der Waals surface area contributed by atoms with Gasteiger partial charge in [-0.3, -0.25) is 9.59 Å². The molecule has 0 bridgehead atoms. The zero-order valence-electron chi connectivity index (χ0n) is 22.3. The fraction of sp³-hybridized carbons (Fsp3) is 0.867. The lowest BCUT2D eigenvalue weighted by molar-refractivity contribution is -0.222. The number of ketones is 1. The Hall–Kier alpha value is -1.16. The predicted octanol–water partition coefficient (Wildman–Crippen LogP) is 6.43. The number of ether oxygens (including phenoxy) is 1. The molecule has 5 fully saturated rings. The summed E-state index contributed by atoms with van der Waals surface area (Å²) >= 11 is 0. The first-order chi connectivity index (χ1) is 15.6. The molecule has 4 nitrogen and oxygen atoms in total. The average molecular weight is 469 g/mol. The molecular formula is C30H44O4. The summed E-state index contributed by atoms with van der Waals surface area (Å²) < 4.78 is 6.95. The lowest BCUT2D eigenvalue weighted by Gasteiger charge is -2.70. The third-order valence-electron chi connectivity index (χ3n) is 13.4. The molecule has 34 heavy (non-hydrogen) atoms. The summed E-state index contributed by atoms with van der Waals surface area (Å²) in [4.78, 5) is 25.7. The number of rotatable bonds is 1. The molecule has 1 N–H and O–H groups in total. The van der Waals surface area contributed by atoms with E-state index < -0.39 is 11.4 Å². The van der Waals surface area contributed by atoms with Crippen LogP contribution in [0.4, 0.5) is 0 Å². The molecule has 0 aromatic carbocycles. The van der Waals surface area contributed by atoms with Gasteiger partial charge in [0.2, 0.25) is 0 Å². The van der Waals surface area contributed by atoms with Gasteiger partial charge in [0.1, 0.15) is 5.60 Å². The monoisotopic (exact) mass is 468 g/mol. The first-order valence-electron chi connectivity index (χ1n) is 13.8. The molecular weight excluding hydrogens is 424 g/mol. The van der Waals surface area contributed by atoms with Crippen LogP contribution < -0.4 is 0 Å². The van der Waals surface area contributed by atoms with E-state index in [2.05, 4.69) is 54.5 Å². The smallest absolute Gasteiger partial charge is 0.309 e. The topological polar surface area (TPSA) is 66.9 Å². The summed E-state index contributed by atoms with van der Waals surface area (Å²) in [7, 11) is 0. The number of carboxylic acids is 1. The third kappa shape index (κ3) is 2.28. The van der Waals surface area contributed by atoms with E-state index in [1.54, 1.807) is 0 Å². The number of aliphatic carboxylic acids is 1. The highest BCUT2D eigenvalue weighted by Gasteiger charge is 2.86. The second-order valence-corrected chi connectivity index (χ2v) is 15.2. The molecule has 4 unspecified atom stereocenters. The lowest BCUT2D eigenvalue weighted by Crippen LogP contribution is -2.71. The van der Waals surface area contributed by atoms with Gasteiger partial charge in [0.15, 0.2) is 5.78 Å². The molecule has 1 saturated heterocycles. The molecule has 0 aromatic rings. The van der Waals surface area contributed by atoms with Crippen molar-refractivity contribution in [3.05, 3.63) is 12.2 Å². The van der Waals surface area contributed by atoms with Crippen LogP contribution in [0.2, 0.25) is 0 Å². The number of hydrogen-bond donors (Lipinski definition) is 1. The summed E-state index contributed by atoms with van der Waals surface area (Å²) in [5.74, 6) is 0.577. The van der Waals surface area contributed by atoms with Crippen LogP contribution in [0.15, 0.2) is 12.2 Å². The SMILES string of the molecule is CC1(C)CC[C@]2(C(=O)O)CC[C@]3(C)C(CC4OC45[C@@]4(C)C=CC(=O)C(C)(C)[C@@H]4CC[C@]53C)C2C1. The van der Waals surface area contributed by atoms with E-state index in [9.17, 15) is 14.7 Å². The molecule has 5 aliphatic carbocycles. The Bertz CT molecular complexity index is 1010. The molecule has 1 spiro atoms. The van der Waals surface area contributed by atoms with Gasteiger partial charge in [-0.25, -0.2) is 0 Å². The molecule has 6 aliphatic rings. The fourth-order valence-corrected chi connectivity index (χ4v) is 11.1. The minimum absolute atomic E-state index is 0.0219. The van der Waals surface area contributed by atoms with Crippen molar-refractivity contribution in [2.45, 2.75) is 112 Å². The first-order valence-corrected chi connectivity index (χ1v) is 13.8. The molecule has 0 aromatic heterocycles. The molecule has 1 aliphatic heterocycles. The van der Waals surface area contributed by atoms with Gasteiger partial charge in [0.05, 0.1) is 11.5 Å². The second-order valence-electron chi connectivity index (χ2n) is 15.2. The van der Waals surface area contributed by atoms with Crippen molar-refractivity contribution in [1.29, 1.82) is 0 Å². The van der Waals surface area contributed by atoms with E-state index >= 15 is 0 Å². The first kappa shape index (κ1) is 23.3. The van der Waals surface area contributed by atoms with E-state index in [0.717, 1.165) is 51.4 Å². The van der Waals surface area contributed by atoms with Gasteiger partial charge in [-0.2, -0.15) is 0 Å². The van der Waals surface area contributed by atoms with Crippen LogP contribution in [0, 0.1) is 50.2 Å². The summed E-state index contributed by atoms with van der Waals surface area (Å²) in [5.41, 5.74) is -1.12. The summed E-state index contributed by atoms with van der Waals surface area (Å²) in [6.07, 6.45) is 11.9. The number of carbonyl (C=O) groups is 2. The van der Waals surface area contributed by atoms with Gasteiger partial charge >= 0.3 is 5.97 Å². The molecule has 188 valence electrons. The standard InChI is InChI=1S/C30H44O4/c1-24(2)12-14-29(23(32)33)15-13-26(5)18(19(29)17-24)16-22-30(34-22)27(6)10-9-21(31)25(3,4)20(27)8-11-28(26,30)7/h9-10,18-20,22H,8,11-17H2,1-7H3,(H,32,33)/t18?,19?,20-,22?,26+,27-,28-,29-,30?/m0/s1. The molecule has 4 saturated carbocycles. The van der Waals surface area contributed by atoms with E-state index in [0.29, 0.717) is 5.92 Å². The van der Waals surface area contributed by atoms with E-state index in [1.165, 1.54) is 0 Å². The Morgan fingerprint density at radius 3 is 2.32 bits per heavy atom. The van der Waals surface area contributed by atoms with Crippen molar-refractivity contribution < 1.29 is 19.4 Å². The molecule has 0 amide bonds. The van der Waals surface area contributed by atoms with Gasteiger partial charge in [-0.1, -0.05) is 54.5 Å². The highest BCUT2D eigenvalue weighted by atomic mass is 16.6. The van der Waals surface area contributed by atoms with Crippen molar-refractivity contribution in [3.8, 4) is 0 Å². The van der Waals surface area contributed by atoms with Gasteiger partial charge in [0.25, 0.3) is 0 Å². The van der Waals surface area contributed by atoms with Gasteiger partial charge in [-0.15, -0.1) is 0 Å². The average Bonchev–Trinajstić information content (AvgIpc) is 3.48.